The molecular weight excluding hydrogens is 515 g/mol. The summed E-state index contributed by atoms with van der Waals surface area (Å²) in [6.07, 6.45) is 8.65. The lowest BCUT2D eigenvalue weighted by Crippen LogP contribution is -2.68. The van der Waals surface area contributed by atoms with Crippen LogP contribution in [0, 0.1) is 20.5 Å². The standard InChI is InChI=1S/C24H16N2.2ClHO4/c1-3-11-25-15-18-9-7-17-8-10-19-16-26-12-4-2-6-21(26)14-23(19)24(17)22(18)13-20(25)5-1;2*2-1(3,4)5/h1-16H;2*(H,2,3,4,5)/q+2;;/p-2. The Morgan fingerprint density at radius 3 is 1.22 bits per heavy atom. The SMILES string of the molecule is [O-][Cl+3]([O-])([O-])[O-].[O-][Cl+3]([O-])([O-])[O-].c1cc[n+]2cc3ccc4ccc5c[n+]6ccccc6cc5c4c3cc2c1. The highest BCUT2D eigenvalue weighted by molar-refractivity contribution is 6.20. The predicted octanol–water partition coefficient (Wildman–Crippen LogP) is -4.89. The summed E-state index contributed by atoms with van der Waals surface area (Å²) in [6, 6.07) is 26.2. The minimum atomic E-state index is -4.94. The topological polar surface area (TPSA) is 193 Å². The molecule has 0 aliphatic heterocycles. The number of hydrogen-bond donors (Lipinski definition) is 0. The van der Waals surface area contributed by atoms with E-state index in [1.54, 1.807) is 0 Å². The molecule has 4 heterocycles. The Bertz CT molecular complexity index is 1570. The van der Waals surface area contributed by atoms with Gasteiger partial charge in [0.2, 0.25) is 11.0 Å². The van der Waals surface area contributed by atoms with Crippen LogP contribution in [0.4, 0.5) is 0 Å². The number of halogens is 2. The smallest absolute Gasteiger partial charge is 0.211 e. The number of aromatic nitrogens is 2. The molecule has 0 fully saturated rings. The quantitative estimate of drug-likeness (QED) is 0.106. The van der Waals surface area contributed by atoms with E-state index in [1.807, 2.05) is 0 Å². The molecule has 0 radical (unpaired) electrons. The van der Waals surface area contributed by atoms with Gasteiger partial charge in [0, 0.05) is 57.9 Å². The lowest BCUT2D eigenvalue weighted by Gasteiger charge is -2.17. The lowest BCUT2D eigenvalue weighted by molar-refractivity contribution is -2.00. The van der Waals surface area contributed by atoms with Crippen LogP contribution in [0.15, 0.2) is 97.6 Å². The van der Waals surface area contributed by atoms with Crippen molar-refractivity contribution in [1.29, 1.82) is 0 Å². The van der Waals surface area contributed by atoms with Gasteiger partial charge in [0.15, 0.2) is 24.8 Å². The molecule has 0 bridgehead atoms. The second-order valence-electron chi connectivity index (χ2n) is 7.60. The van der Waals surface area contributed by atoms with Gasteiger partial charge >= 0.3 is 0 Å². The molecule has 0 saturated carbocycles. The van der Waals surface area contributed by atoms with Crippen LogP contribution in [0.3, 0.4) is 0 Å². The van der Waals surface area contributed by atoms with Gasteiger partial charge in [-0.2, -0.15) is 8.80 Å². The third-order valence-electron chi connectivity index (χ3n) is 5.32. The van der Waals surface area contributed by atoms with Crippen LogP contribution in [0.1, 0.15) is 0 Å². The average molecular weight is 531 g/mol. The van der Waals surface area contributed by atoms with Gasteiger partial charge in [-0.25, -0.2) is 37.3 Å². The van der Waals surface area contributed by atoms with E-state index in [0.717, 1.165) is 0 Å². The van der Waals surface area contributed by atoms with Gasteiger partial charge in [0.1, 0.15) is 0 Å². The molecule has 0 aliphatic rings. The molecule has 0 aliphatic carbocycles. The fourth-order valence-corrected chi connectivity index (χ4v) is 4.06. The second kappa shape index (κ2) is 10.0. The molecule has 0 amide bonds. The molecular formula is C24H16Cl2N2O8. The van der Waals surface area contributed by atoms with Crippen molar-refractivity contribution < 1.29 is 66.6 Å². The van der Waals surface area contributed by atoms with Crippen LogP contribution in [-0.4, -0.2) is 0 Å². The Morgan fingerprint density at radius 2 is 0.833 bits per heavy atom. The van der Waals surface area contributed by atoms with Crippen molar-refractivity contribution >= 4 is 43.4 Å². The van der Waals surface area contributed by atoms with E-state index in [2.05, 4.69) is 106 Å². The number of hydrogen-bond acceptors (Lipinski definition) is 8. The molecule has 0 unspecified atom stereocenters. The summed E-state index contributed by atoms with van der Waals surface area (Å²) in [5, 5.41) is 7.74. The van der Waals surface area contributed by atoms with Crippen LogP contribution in [0.25, 0.3) is 43.4 Å². The third-order valence-corrected chi connectivity index (χ3v) is 5.32. The number of nitrogens with zero attached hydrogens (tertiary/aromatic N) is 2. The normalized spacial score (nSPS) is 11.9. The predicted molar refractivity (Wildman–Crippen MR) is 105 cm³/mol. The molecule has 6 aromatic rings. The van der Waals surface area contributed by atoms with Gasteiger partial charge in [-0.3, -0.25) is 0 Å². The van der Waals surface area contributed by atoms with Crippen LogP contribution >= 0.6 is 0 Å². The van der Waals surface area contributed by atoms with Gasteiger partial charge in [-0.05, 0) is 35.0 Å². The largest absolute Gasteiger partial charge is 0.222 e. The minimum absolute atomic E-state index is 1.21. The van der Waals surface area contributed by atoms with Crippen molar-refractivity contribution in [3.63, 3.8) is 0 Å². The zero-order valence-electron chi connectivity index (χ0n) is 18.2. The number of benzene rings is 2. The molecule has 0 N–H and O–H groups in total. The van der Waals surface area contributed by atoms with Crippen molar-refractivity contribution in [3.8, 4) is 0 Å². The van der Waals surface area contributed by atoms with Gasteiger partial charge in [-0.1, -0.05) is 12.1 Å². The lowest BCUT2D eigenvalue weighted by atomic mass is 9.97. The molecule has 0 spiro atoms. The van der Waals surface area contributed by atoms with Gasteiger partial charge in [-0.15, -0.1) is 20.5 Å². The highest BCUT2D eigenvalue weighted by Gasteiger charge is 2.13. The van der Waals surface area contributed by atoms with Crippen LogP contribution in [-0.2, 0) is 0 Å². The third kappa shape index (κ3) is 6.49. The van der Waals surface area contributed by atoms with Gasteiger partial charge in [0.05, 0.1) is 0 Å². The molecule has 6 rings (SSSR count). The maximum absolute atomic E-state index is 8.49. The molecule has 10 nitrogen and oxygen atoms in total. The first kappa shape index (κ1) is 25.8. The maximum atomic E-state index is 8.49. The Kier molecular flexibility index (Phi) is 7.18. The minimum Gasteiger partial charge on any atom is -0.222 e. The van der Waals surface area contributed by atoms with E-state index in [1.165, 1.54) is 43.4 Å². The fourth-order valence-electron chi connectivity index (χ4n) is 4.06. The Balaban J connectivity index is 0.000000262. The van der Waals surface area contributed by atoms with Gasteiger partial charge in [0.25, 0.3) is 0 Å². The van der Waals surface area contributed by atoms with E-state index < -0.39 is 20.5 Å². The summed E-state index contributed by atoms with van der Waals surface area (Å²) in [4.78, 5) is 0. The zero-order valence-corrected chi connectivity index (χ0v) is 19.7. The van der Waals surface area contributed by atoms with Gasteiger partial charge < -0.3 is 0 Å². The number of pyridine rings is 4. The Morgan fingerprint density at radius 1 is 0.472 bits per heavy atom. The van der Waals surface area contributed by atoms with Crippen molar-refractivity contribution in [2.24, 2.45) is 0 Å². The summed E-state index contributed by atoms with van der Waals surface area (Å²) in [7, 11) is -9.89. The zero-order chi connectivity index (χ0) is 26.1. The fraction of sp³-hybridized carbons (Fsp3) is 0. The summed E-state index contributed by atoms with van der Waals surface area (Å²) < 4.78 is 72.3. The van der Waals surface area contributed by atoms with Crippen molar-refractivity contribution in [1.82, 2.24) is 0 Å². The monoisotopic (exact) mass is 530 g/mol. The van der Waals surface area contributed by atoms with Crippen LogP contribution in [0.2, 0.25) is 0 Å². The number of rotatable bonds is 0. The van der Waals surface area contributed by atoms with E-state index >= 15 is 0 Å². The summed E-state index contributed by atoms with van der Waals surface area (Å²) in [5.41, 5.74) is 2.42. The van der Waals surface area contributed by atoms with E-state index in [4.69, 9.17) is 37.3 Å². The molecule has 0 atom stereocenters. The second-order valence-corrected chi connectivity index (χ2v) is 9.12. The molecule has 36 heavy (non-hydrogen) atoms. The Hall–Kier alpha value is -3.26. The Labute approximate surface area is 207 Å². The highest BCUT2D eigenvalue weighted by Crippen LogP contribution is 2.32. The average Bonchev–Trinajstić information content (AvgIpc) is 2.79. The first-order valence-electron chi connectivity index (χ1n) is 10.1. The summed E-state index contributed by atoms with van der Waals surface area (Å²) in [6.45, 7) is 0. The molecule has 12 heteroatoms. The van der Waals surface area contributed by atoms with Crippen molar-refractivity contribution in [3.05, 3.63) is 97.6 Å². The molecule has 184 valence electrons. The van der Waals surface area contributed by atoms with Crippen LogP contribution < -0.4 is 46.1 Å². The van der Waals surface area contributed by atoms with Crippen LogP contribution in [0.5, 0.6) is 0 Å². The summed E-state index contributed by atoms with van der Waals surface area (Å²) >= 11 is 0. The van der Waals surface area contributed by atoms with E-state index in [-0.39, 0.29) is 0 Å². The molecule has 2 aromatic carbocycles. The van der Waals surface area contributed by atoms with Crippen molar-refractivity contribution in [2.75, 3.05) is 0 Å². The first-order valence-corrected chi connectivity index (χ1v) is 12.6. The number of fused-ring (bicyclic) bond motifs is 7. The maximum Gasteiger partial charge on any atom is 0.211 e. The molecule has 4 aromatic heterocycles. The summed E-state index contributed by atoms with van der Waals surface area (Å²) in [5.74, 6) is 0. The van der Waals surface area contributed by atoms with E-state index in [0.29, 0.717) is 0 Å². The highest BCUT2D eigenvalue weighted by atomic mass is 35.7. The molecule has 0 saturated heterocycles. The van der Waals surface area contributed by atoms with Crippen molar-refractivity contribution in [2.45, 2.75) is 0 Å². The first-order chi connectivity index (χ1) is 16.9. The van der Waals surface area contributed by atoms with E-state index in [9.17, 15) is 0 Å².